The lowest BCUT2D eigenvalue weighted by Crippen LogP contribution is -2.27. The summed E-state index contributed by atoms with van der Waals surface area (Å²) in [4.78, 5) is 17.1. The number of hydrogen-bond acceptors (Lipinski definition) is 2. The fourth-order valence-electron chi connectivity index (χ4n) is 2.78. The maximum atomic E-state index is 12.4. The van der Waals surface area contributed by atoms with Gasteiger partial charge in [0.05, 0.1) is 5.69 Å². The molecule has 0 aliphatic carbocycles. The van der Waals surface area contributed by atoms with Crippen LogP contribution in [0.5, 0.6) is 0 Å². The van der Waals surface area contributed by atoms with Gasteiger partial charge < -0.3 is 5.32 Å². The number of benzene rings is 1. The number of aromatic nitrogens is 1. The molecule has 0 aliphatic rings. The van der Waals surface area contributed by atoms with Gasteiger partial charge in [-0.2, -0.15) is 0 Å². The monoisotopic (exact) mass is 324 g/mol. The predicted molar refractivity (Wildman–Crippen MR) is 101 cm³/mol. The molecule has 1 aromatic carbocycles. The second kappa shape index (κ2) is 7.61. The quantitative estimate of drug-likeness (QED) is 0.773. The van der Waals surface area contributed by atoms with Crippen molar-refractivity contribution in [2.45, 2.75) is 53.4 Å². The van der Waals surface area contributed by atoms with Crippen molar-refractivity contribution in [3.8, 4) is 11.1 Å². The topological polar surface area (TPSA) is 42.0 Å². The van der Waals surface area contributed by atoms with Crippen LogP contribution >= 0.6 is 0 Å². The van der Waals surface area contributed by atoms with E-state index >= 15 is 0 Å². The number of carbonyl (C=O) groups excluding carboxylic acids is 1. The van der Waals surface area contributed by atoms with E-state index in [2.05, 4.69) is 36.3 Å². The Bertz CT molecular complexity index is 697. The van der Waals surface area contributed by atoms with Crippen molar-refractivity contribution in [3.63, 3.8) is 0 Å². The number of rotatable bonds is 5. The van der Waals surface area contributed by atoms with Crippen LogP contribution in [-0.2, 0) is 4.79 Å². The molecule has 0 radical (unpaired) electrons. The maximum absolute atomic E-state index is 12.4. The minimum Gasteiger partial charge on any atom is -0.325 e. The summed E-state index contributed by atoms with van der Waals surface area (Å²) in [5.41, 5.74) is 3.67. The standard InChI is InChI=1S/C21H28N2O/c1-6-15(7-2)19-17(12-10-14-22-19)16-11-8-9-13-18(16)23-20(24)21(3,4)5/h8-15H,6-7H2,1-5H3,(H,23,24). The molecule has 0 aliphatic heterocycles. The van der Waals surface area contributed by atoms with Gasteiger partial charge in [-0.3, -0.25) is 9.78 Å². The van der Waals surface area contributed by atoms with Crippen molar-refractivity contribution in [3.05, 3.63) is 48.3 Å². The minimum atomic E-state index is -0.430. The van der Waals surface area contributed by atoms with Crippen molar-refractivity contribution in [1.82, 2.24) is 4.98 Å². The average molecular weight is 324 g/mol. The molecule has 1 aromatic heterocycles. The predicted octanol–water partition coefficient (Wildman–Crippen LogP) is 5.64. The zero-order valence-corrected chi connectivity index (χ0v) is 15.4. The number of anilines is 1. The number of nitrogens with zero attached hydrogens (tertiary/aromatic N) is 1. The van der Waals surface area contributed by atoms with Gasteiger partial charge in [0.25, 0.3) is 0 Å². The fourth-order valence-corrected chi connectivity index (χ4v) is 2.78. The van der Waals surface area contributed by atoms with Gasteiger partial charge in [0.15, 0.2) is 0 Å². The Morgan fingerprint density at radius 1 is 1.04 bits per heavy atom. The molecule has 0 bridgehead atoms. The molecule has 128 valence electrons. The first kappa shape index (κ1) is 18.2. The van der Waals surface area contributed by atoms with E-state index in [9.17, 15) is 4.79 Å². The van der Waals surface area contributed by atoms with Crippen LogP contribution in [0.1, 0.15) is 59.1 Å². The Morgan fingerprint density at radius 2 is 1.67 bits per heavy atom. The molecule has 0 unspecified atom stereocenters. The Morgan fingerprint density at radius 3 is 2.29 bits per heavy atom. The molecule has 2 aromatic rings. The lowest BCUT2D eigenvalue weighted by atomic mass is 9.90. The van der Waals surface area contributed by atoms with Gasteiger partial charge in [-0.25, -0.2) is 0 Å². The molecule has 0 saturated carbocycles. The summed E-state index contributed by atoms with van der Waals surface area (Å²) in [6, 6.07) is 12.0. The second-order valence-electron chi connectivity index (χ2n) is 7.20. The van der Waals surface area contributed by atoms with Gasteiger partial charge >= 0.3 is 0 Å². The smallest absolute Gasteiger partial charge is 0.229 e. The lowest BCUT2D eigenvalue weighted by molar-refractivity contribution is -0.123. The SMILES string of the molecule is CCC(CC)c1ncccc1-c1ccccc1NC(=O)C(C)(C)C. The van der Waals surface area contributed by atoms with Crippen molar-refractivity contribution in [2.24, 2.45) is 5.41 Å². The maximum Gasteiger partial charge on any atom is 0.229 e. The van der Waals surface area contributed by atoms with E-state index in [1.165, 1.54) is 0 Å². The largest absolute Gasteiger partial charge is 0.325 e. The third kappa shape index (κ3) is 4.02. The molecule has 1 heterocycles. The van der Waals surface area contributed by atoms with Crippen LogP contribution in [0.4, 0.5) is 5.69 Å². The van der Waals surface area contributed by atoms with Gasteiger partial charge in [-0.05, 0) is 25.0 Å². The number of pyridine rings is 1. The first-order valence-electron chi connectivity index (χ1n) is 8.74. The van der Waals surface area contributed by atoms with Crippen LogP contribution in [0.2, 0.25) is 0 Å². The highest BCUT2D eigenvalue weighted by molar-refractivity contribution is 5.98. The van der Waals surface area contributed by atoms with Gasteiger partial charge in [-0.15, -0.1) is 0 Å². The molecule has 0 atom stereocenters. The first-order chi connectivity index (χ1) is 11.4. The zero-order chi connectivity index (χ0) is 17.7. The summed E-state index contributed by atoms with van der Waals surface area (Å²) < 4.78 is 0. The van der Waals surface area contributed by atoms with Gasteiger partial charge in [0.1, 0.15) is 0 Å². The molecule has 1 N–H and O–H groups in total. The van der Waals surface area contributed by atoms with Crippen molar-refractivity contribution >= 4 is 11.6 Å². The van der Waals surface area contributed by atoms with Gasteiger partial charge in [0.2, 0.25) is 5.91 Å². The van der Waals surface area contributed by atoms with E-state index in [0.29, 0.717) is 5.92 Å². The van der Waals surface area contributed by atoms with Crippen molar-refractivity contribution in [1.29, 1.82) is 0 Å². The summed E-state index contributed by atoms with van der Waals surface area (Å²) in [5.74, 6) is 0.440. The van der Waals surface area contributed by atoms with Crippen molar-refractivity contribution < 1.29 is 4.79 Å². The van der Waals surface area contributed by atoms with Crippen LogP contribution in [0.15, 0.2) is 42.6 Å². The summed E-state index contributed by atoms with van der Waals surface area (Å²) in [5, 5.41) is 3.08. The third-order valence-electron chi connectivity index (χ3n) is 4.36. The van der Waals surface area contributed by atoms with Gasteiger partial charge in [0, 0.05) is 34.3 Å². The summed E-state index contributed by atoms with van der Waals surface area (Å²) >= 11 is 0. The lowest BCUT2D eigenvalue weighted by Gasteiger charge is -2.21. The van der Waals surface area contributed by atoms with E-state index in [1.54, 1.807) is 0 Å². The normalized spacial score (nSPS) is 11.6. The Hall–Kier alpha value is -2.16. The number of para-hydroxylation sites is 1. The van der Waals surface area contributed by atoms with Crippen LogP contribution in [0, 0.1) is 5.41 Å². The van der Waals surface area contributed by atoms with Crippen LogP contribution in [-0.4, -0.2) is 10.9 Å². The van der Waals surface area contributed by atoms with Crippen LogP contribution < -0.4 is 5.32 Å². The van der Waals surface area contributed by atoms with Crippen molar-refractivity contribution in [2.75, 3.05) is 5.32 Å². The molecule has 2 rings (SSSR count). The highest BCUT2D eigenvalue weighted by Crippen LogP contribution is 2.35. The molecular formula is C21H28N2O. The number of amides is 1. The molecule has 3 nitrogen and oxygen atoms in total. The summed E-state index contributed by atoms with van der Waals surface area (Å²) in [6.45, 7) is 10.2. The molecule has 24 heavy (non-hydrogen) atoms. The average Bonchev–Trinajstić information content (AvgIpc) is 2.56. The molecule has 0 spiro atoms. The summed E-state index contributed by atoms with van der Waals surface area (Å²) in [6.07, 6.45) is 3.96. The second-order valence-corrected chi connectivity index (χ2v) is 7.20. The Balaban J connectivity index is 2.49. The van der Waals surface area contributed by atoms with E-state index < -0.39 is 5.41 Å². The molecule has 1 amide bonds. The minimum absolute atomic E-state index is 0.0166. The Labute approximate surface area is 145 Å². The Kier molecular flexibility index (Phi) is 5.76. The zero-order valence-electron chi connectivity index (χ0n) is 15.4. The van der Waals surface area contributed by atoms with E-state index in [0.717, 1.165) is 35.3 Å². The van der Waals surface area contributed by atoms with E-state index in [4.69, 9.17) is 0 Å². The van der Waals surface area contributed by atoms with Gasteiger partial charge in [-0.1, -0.05) is 58.9 Å². The van der Waals surface area contributed by atoms with Crippen LogP contribution in [0.25, 0.3) is 11.1 Å². The molecular weight excluding hydrogens is 296 g/mol. The molecule has 0 fully saturated rings. The molecule has 0 saturated heterocycles. The number of nitrogens with one attached hydrogen (secondary N) is 1. The number of hydrogen-bond donors (Lipinski definition) is 1. The first-order valence-corrected chi connectivity index (χ1v) is 8.74. The highest BCUT2D eigenvalue weighted by atomic mass is 16.2. The highest BCUT2D eigenvalue weighted by Gasteiger charge is 2.23. The number of carbonyl (C=O) groups is 1. The van der Waals surface area contributed by atoms with E-state index in [-0.39, 0.29) is 5.91 Å². The summed E-state index contributed by atoms with van der Waals surface area (Å²) in [7, 11) is 0. The fraction of sp³-hybridized carbons (Fsp3) is 0.429. The third-order valence-corrected chi connectivity index (χ3v) is 4.36. The molecule has 3 heteroatoms. The van der Waals surface area contributed by atoms with E-state index in [1.807, 2.05) is 51.2 Å². The van der Waals surface area contributed by atoms with Crippen LogP contribution in [0.3, 0.4) is 0 Å².